The summed E-state index contributed by atoms with van der Waals surface area (Å²) in [6.45, 7) is 2.41. The highest BCUT2D eigenvalue weighted by atomic mass is 16.2. The number of fused-ring (bicyclic) bond motifs is 1. The molecule has 2 fully saturated rings. The normalized spacial score (nSPS) is 21.7. The van der Waals surface area contributed by atoms with Crippen LogP contribution in [0.5, 0.6) is 0 Å². The third-order valence-electron chi connectivity index (χ3n) is 5.73. The van der Waals surface area contributed by atoms with E-state index in [1.807, 2.05) is 4.57 Å². The highest BCUT2D eigenvalue weighted by Gasteiger charge is 2.28. The average molecular weight is 346 g/mol. The van der Waals surface area contributed by atoms with Crippen LogP contribution in [0.3, 0.4) is 0 Å². The summed E-state index contributed by atoms with van der Waals surface area (Å²) in [7, 11) is 3.21. The van der Waals surface area contributed by atoms with Gasteiger partial charge in [0.1, 0.15) is 0 Å². The van der Waals surface area contributed by atoms with E-state index in [9.17, 15) is 9.59 Å². The zero-order valence-electron chi connectivity index (χ0n) is 14.9. The molecule has 0 radical (unpaired) electrons. The predicted octanol–water partition coefficient (Wildman–Crippen LogP) is 0.161. The summed E-state index contributed by atoms with van der Waals surface area (Å²) < 4.78 is 4.69. The maximum atomic E-state index is 12.8. The number of piperidine rings is 1. The van der Waals surface area contributed by atoms with E-state index in [0.717, 1.165) is 38.4 Å². The lowest BCUT2D eigenvalue weighted by molar-refractivity contribution is 0.279. The molecule has 2 aromatic heterocycles. The lowest BCUT2D eigenvalue weighted by atomic mass is 9.85. The van der Waals surface area contributed by atoms with E-state index in [-0.39, 0.29) is 17.3 Å². The molecule has 2 aliphatic rings. The first-order chi connectivity index (χ1) is 12.0. The topological polar surface area (TPSA) is 91.1 Å². The van der Waals surface area contributed by atoms with Gasteiger partial charge in [0.05, 0.1) is 0 Å². The van der Waals surface area contributed by atoms with Crippen LogP contribution >= 0.6 is 0 Å². The maximum Gasteiger partial charge on any atom is 0.332 e. The molecule has 2 N–H and O–H groups in total. The lowest BCUT2D eigenvalue weighted by Crippen LogP contribution is -2.44. The Bertz CT molecular complexity index is 920. The van der Waals surface area contributed by atoms with E-state index in [2.05, 4.69) is 4.90 Å². The second kappa shape index (κ2) is 6.01. The number of aryl methyl sites for hydroxylation is 1. The van der Waals surface area contributed by atoms with Gasteiger partial charge in [-0.1, -0.05) is 6.42 Å². The molecule has 8 nitrogen and oxygen atoms in total. The van der Waals surface area contributed by atoms with E-state index in [1.165, 1.54) is 35.4 Å². The Labute approximate surface area is 145 Å². The minimum atomic E-state index is -0.340. The van der Waals surface area contributed by atoms with Crippen molar-refractivity contribution in [3.8, 4) is 0 Å². The van der Waals surface area contributed by atoms with Gasteiger partial charge >= 0.3 is 5.69 Å². The van der Waals surface area contributed by atoms with Gasteiger partial charge in [0.2, 0.25) is 5.95 Å². The van der Waals surface area contributed by atoms with Gasteiger partial charge in [-0.05, 0) is 31.6 Å². The van der Waals surface area contributed by atoms with Gasteiger partial charge in [-0.3, -0.25) is 13.9 Å². The van der Waals surface area contributed by atoms with Crippen molar-refractivity contribution < 1.29 is 0 Å². The van der Waals surface area contributed by atoms with Gasteiger partial charge in [-0.15, -0.1) is 0 Å². The van der Waals surface area contributed by atoms with Crippen LogP contribution in [0.1, 0.15) is 32.1 Å². The number of hydrogen-bond donors (Lipinski definition) is 1. The fourth-order valence-electron chi connectivity index (χ4n) is 3.97. The zero-order valence-corrected chi connectivity index (χ0v) is 14.9. The molecule has 0 spiro atoms. The molecular weight excluding hydrogens is 320 g/mol. The first kappa shape index (κ1) is 16.4. The highest BCUT2D eigenvalue weighted by Crippen LogP contribution is 2.31. The van der Waals surface area contributed by atoms with Crippen LogP contribution in [0, 0.1) is 5.92 Å². The Balaban J connectivity index is 1.92. The fraction of sp³-hybridized carbons (Fsp3) is 0.706. The van der Waals surface area contributed by atoms with Crippen molar-refractivity contribution in [3.05, 3.63) is 20.8 Å². The maximum absolute atomic E-state index is 12.8. The van der Waals surface area contributed by atoms with E-state index in [4.69, 9.17) is 10.7 Å². The Morgan fingerprint density at radius 1 is 1.12 bits per heavy atom. The van der Waals surface area contributed by atoms with Crippen molar-refractivity contribution in [2.24, 2.45) is 25.7 Å². The van der Waals surface area contributed by atoms with Crippen LogP contribution < -0.4 is 21.9 Å². The van der Waals surface area contributed by atoms with E-state index < -0.39 is 0 Å². The highest BCUT2D eigenvalue weighted by molar-refractivity contribution is 5.74. The van der Waals surface area contributed by atoms with Crippen LogP contribution in [0.4, 0.5) is 5.95 Å². The smallest absolute Gasteiger partial charge is 0.332 e. The van der Waals surface area contributed by atoms with Crippen molar-refractivity contribution in [1.29, 1.82) is 0 Å². The zero-order chi connectivity index (χ0) is 17.7. The van der Waals surface area contributed by atoms with E-state index in [1.54, 1.807) is 7.05 Å². The van der Waals surface area contributed by atoms with Gasteiger partial charge in [-0.2, -0.15) is 4.98 Å². The number of hydrogen-bond acceptors (Lipinski definition) is 5. The summed E-state index contributed by atoms with van der Waals surface area (Å²) in [5, 5.41) is 0. The molecule has 1 saturated heterocycles. The molecule has 1 aliphatic heterocycles. The van der Waals surface area contributed by atoms with Crippen LogP contribution in [0.15, 0.2) is 9.59 Å². The van der Waals surface area contributed by atoms with Crippen LogP contribution in [0.2, 0.25) is 0 Å². The SMILES string of the molecule is Cn1c(=O)c2c(nc(N3CCCC(N)C3)n2CC2CCC2)n(C)c1=O. The first-order valence-corrected chi connectivity index (χ1v) is 9.14. The summed E-state index contributed by atoms with van der Waals surface area (Å²) in [6.07, 6.45) is 5.65. The summed E-state index contributed by atoms with van der Waals surface area (Å²) >= 11 is 0. The molecule has 1 unspecified atom stereocenters. The summed E-state index contributed by atoms with van der Waals surface area (Å²) in [6, 6.07) is 0.123. The van der Waals surface area contributed by atoms with Gasteiger partial charge in [-0.25, -0.2) is 4.79 Å². The molecule has 1 atom stereocenters. The predicted molar refractivity (Wildman–Crippen MR) is 97.0 cm³/mol. The largest absolute Gasteiger partial charge is 0.341 e. The minimum Gasteiger partial charge on any atom is -0.341 e. The van der Waals surface area contributed by atoms with E-state index in [0.29, 0.717) is 17.1 Å². The third kappa shape index (κ3) is 2.59. The molecular formula is C17H26N6O2. The van der Waals surface area contributed by atoms with Gasteiger partial charge in [0.15, 0.2) is 11.2 Å². The number of imidazole rings is 1. The molecule has 136 valence electrons. The van der Waals surface area contributed by atoms with Gasteiger partial charge in [0, 0.05) is 39.8 Å². The summed E-state index contributed by atoms with van der Waals surface area (Å²) in [5.41, 5.74) is 6.55. The first-order valence-electron chi connectivity index (χ1n) is 9.14. The average Bonchev–Trinajstić information content (AvgIpc) is 2.94. The molecule has 1 aliphatic carbocycles. The molecule has 1 saturated carbocycles. The van der Waals surface area contributed by atoms with E-state index >= 15 is 0 Å². The molecule has 0 bridgehead atoms. The Morgan fingerprint density at radius 2 is 1.88 bits per heavy atom. The standard InChI is InChI=1S/C17H26N6O2/c1-20-14-13(15(24)21(2)17(20)25)23(9-11-5-3-6-11)16(19-14)22-8-4-7-12(18)10-22/h11-12H,3-10,18H2,1-2H3. The molecule has 0 amide bonds. The number of rotatable bonds is 3. The monoisotopic (exact) mass is 346 g/mol. The lowest BCUT2D eigenvalue weighted by Gasteiger charge is -2.33. The quantitative estimate of drug-likeness (QED) is 0.855. The summed E-state index contributed by atoms with van der Waals surface area (Å²) in [5.74, 6) is 1.37. The number of anilines is 1. The Hall–Kier alpha value is -2.09. The Morgan fingerprint density at radius 3 is 2.52 bits per heavy atom. The molecule has 25 heavy (non-hydrogen) atoms. The Kier molecular flexibility index (Phi) is 3.94. The summed E-state index contributed by atoms with van der Waals surface area (Å²) in [4.78, 5) is 32.0. The molecule has 0 aromatic carbocycles. The van der Waals surface area contributed by atoms with Crippen LogP contribution in [-0.2, 0) is 20.6 Å². The number of aromatic nitrogens is 4. The third-order valence-corrected chi connectivity index (χ3v) is 5.73. The van der Waals surface area contributed by atoms with Crippen LogP contribution in [-0.4, -0.2) is 37.8 Å². The van der Waals surface area contributed by atoms with Gasteiger partial charge in [0.25, 0.3) is 5.56 Å². The van der Waals surface area contributed by atoms with Crippen molar-refractivity contribution in [2.45, 2.75) is 44.7 Å². The van der Waals surface area contributed by atoms with Crippen LogP contribution in [0.25, 0.3) is 11.2 Å². The molecule has 2 aromatic rings. The van der Waals surface area contributed by atoms with Crippen molar-refractivity contribution in [3.63, 3.8) is 0 Å². The molecule has 3 heterocycles. The second-order valence-corrected chi connectivity index (χ2v) is 7.55. The van der Waals surface area contributed by atoms with Crippen molar-refractivity contribution in [1.82, 2.24) is 18.7 Å². The molecule has 4 rings (SSSR count). The van der Waals surface area contributed by atoms with Gasteiger partial charge < -0.3 is 15.2 Å². The number of nitrogens with two attached hydrogens (primary N) is 1. The minimum absolute atomic E-state index is 0.123. The van der Waals surface area contributed by atoms with Crippen molar-refractivity contribution >= 4 is 17.1 Å². The second-order valence-electron chi connectivity index (χ2n) is 7.55. The fourth-order valence-corrected chi connectivity index (χ4v) is 3.97. The number of nitrogens with zero attached hydrogens (tertiary/aromatic N) is 5. The van der Waals surface area contributed by atoms with Crippen molar-refractivity contribution in [2.75, 3.05) is 18.0 Å². The molecule has 8 heteroatoms.